The van der Waals surface area contributed by atoms with Crippen LogP contribution in [0.4, 0.5) is 4.79 Å². The van der Waals surface area contributed by atoms with Crippen molar-refractivity contribution in [2.45, 2.75) is 219 Å². The van der Waals surface area contributed by atoms with Crippen LogP contribution < -0.4 is 16.0 Å². The van der Waals surface area contributed by atoms with Crippen LogP contribution in [0.1, 0.15) is 190 Å². The van der Waals surface area contributed by atoms with Crippen LogP contribution in [0, 0.1) is 11.3 Å². The number of ether oxygens (including phenoxy) is 2. The van der Waals surface area contributed by atoms with Crippen molar-refractivity contribution in [1.29, 1.82) is 0 Å². The molecule has 3 amide bonds. The number of nitrogens with one attached hydrogen (secondary N) is 3. The monoisotopic (exact) mass is 694 g/mol. The number of carboxylic acids is 1. The van der Waals surface area contributed by atoms with Gasteiger partial charge in [0, 0.05) is 29.0 Å². The van der Waals surface area contributed by atoms with Gasteiger partial charge in [-0.15, -0.1) is 0 Å². The molecule has 0 aromatic heterocycles. The molecule has 1 saturated carbocycles. The highest BCUT2D eigenvalue weighted by atomic mass is 16.7. The molecule has 9 heteroatoms. The minimum absolute atomic E-state index is 0.206. The van der Waals surface area contributed by atoms with Gasteiger partial charge in [-0.05, 0) is 47.0 Å². The van der Waals surface area contributed by atoms with Gasteiger partial charge in [-0.1, -0.05) is 136 Å². The van der Waals surface area contributed by atoms with Crippen molar-refractivity contribution in [2.75, 3.05) is 6.61 Å². The molecular weight excluding hydrogens is 618 g/mol. The molecule has 49 heavy (non-hydrogen) atoms. The molecule has 4 atom stereocenters. The van der Waals surface area contributed by atoms with Gasteiger partial charge >= 0.3 is 12.0 Å². The average Bonchev–Trinajstić information content (AvgIpc) is 3.24. The fourth-order valence-electron chi connectivity index (χ4n) is 7.59. The lowest BCUT2D eigenvalue weighted by atomic mass is 9.83. The first kappa shape index (κ1) is 43.3. The normalized spacial score (nSPS) is 22.9. The van der Waals surface area contributed by atoms with E-state index in [9.17, 15) is 19.5 Å². The third kappa shape index (κ3) is 17.8. The van der Waals surface area contributed by atoms with E-state index in [1.54, 1.807) is 13.8 Å². The zero-order valence-electron chi connectivity index (χ0n) is 32.6. The first-order valence-corrected chi connectivity index (χ1v) is 20.1. The molecule has 1 aliphatic heterocycles. The predicted molar refractivity (Wildman–Crippen MR) is 199 cm³/mol. The topological polar surface area (TPSA) is 126 Å². The summed E-state index contributed by atoms with van der Waals surface area (Å²) in [6.45, 7) is 14.2. The first-order chi connectivity index (χ1) is 23.2. The second kappa shape index (κ2) is 22.1. The highest BCUT2D eigenvalue weighted by Gasteiger charge is 2.47. The Morgan fingerprint density at radius 2 is 1.33 bits per heavy atom. The van der Waals surface area contributed by atoms with Gasteiger partial charge < -0.3 is 30.5 Å². The number of aliphatic carboxylic acids is 1. The van der Waals surface area contributed by atoms with Crippen molar-refractivity contribution in [3.8, 4) is 0 Å². The van der Waals surface area contributed by atoms with Gasteiger partial charge in [0.25, 0.3) is 0 Å². The molecule has 286 valence electrons. The Morgan fingerprint density at radius 3 is 1.88 bits per heavy atom. The number of rotatable bonds is 23. The van der Waals surface area contributed by atoms with Crippen molar-refractivity contribution >= 4 is 17.9 Å². The molecule has 1 aliphatic carbocycles. The highest BCUT2D eigenvalue weighted by molar-refractivity contribution is 5.83. The number of hydrogen-bond acceptors (Lipinski definition) is 5. The van der Waals surface area contributed by atoms with Crippen LogP contribution in [0.15, 0.2) is 0 Å². The van der Waals surface area contributed by atoms with Gasteiger partial charge in [-0.2, -0.15) is 0 Å². The molecule has 2 aliphatic rings. The van der Waals surface area contributed by atoms with Gasteiger partial charge in [0.1, 0.15) is 6.10 Å². The number of carbonyl (C=O) groups is 3. The van der Waals surface area contributed by atoms with E-state index in [1.807, 2.05) is 13.8 Å². The summed E-state index contributed by atoms with van der Waals surface area (Å²) in [4.78, 5) is 39.0. The van der Waals surface area contributed by atoms with Crippen molar-refractivity contribution in [2.24, 2.45) is 11.3 Å². The number of amides is 3. The van der Waals surface area contributed by atoms with E-state index in [1.165, 1.54) is 89.9 Å². The minimum Gasteiger partial charge on any atom is -0.481 e. The van der Waals surface area contributed by atoms with E-state index < -0.39 is 29.3 Å². The summed E-state index contributed by atoms with van der Waals surface area (Å²) < 4.78 is 11.8. The first-order valence-electron chi connectivity index (χ1n) is 20.1. The summed E-state index contributed by atoms with van der Waals surface area (Å²) in [5.74, 6) is -2.42. The number of carbonyl (C=O) groups excluding carboxylic acids is 2. The quantitative estimate of drug-likeness (QED) is 0.0624. The van der Waals surface area contributed by atoms with Crippen molar-refractivity contribution in [3.05, 3.63) is 0 Å². The molecular formula is C40H75N3O6. The van der Waals surface area contributed by atoms with Crippen molar-refractivity contribution in [1.82, 2.24) is 16.0 Å². The fraction of sp³-hybridized carbons (Fsp3) is 0.925. The molecule has 0 radical (unpaired) electrons. The Kier molecular flexibility index (Phi) is 19.6. The van der Waals surface area contributed by atoms with Crippen molar-refractivity contribution < 1.29 is 29.0 Å². The largest absolute Gasteiger partial charge is 0.481 e. The van der Waals surface area contributed by atoms with Crippen LogP contribution in [0.2, 0.25) is 0 Å². The maximum Gasteiger partial charge on any atom is 0.315 e. The third-order valence-electron chi connectivity index (χ3n) is 10.6. The van der Waals surface area contributed by atoms with E-state index >= 15 is 0 Å². The zero-order valence-corrected chi connectivity index (χ0v) is 32.6. The number of hydrogen-bond donors (Lipinski definition) is 4. The second-order valence-electron chi connectivity index (χ2n) is 17.0. The van der Waals surface area contributed by atoms with Gasteiger partial charge in [-0.3, -0.25) is 9.59 Å². The number of carboxylic acid groups (broad SMARTS) is 1. The number of urea groups is 1. The maximum atomic E-state index is 13.6. The third-order valence-corrected chi connectivity index (χ3v) is 10.6. The van der Waals surface area contributed by atoms with Crippen LogP contribution >= 0.6 is 0 Å². The lowest BCUT2D eigenvalue weighted by molar-refractivity contribution is -0.304. The summed E-state index contributed by atoms with van der Waals surface area (Å²) in [7, 11) is 0. The van der Waals surface area contributed by atoms with Crippen LogP contribution in [0.3, 0.4) is 0 Å². The molecule has 0 spiro atoms. The Morgan fingerprint density at radius 1 is 0.796 bits per heavy atom. The van der Waals surface area contributed by atoms with Crippen molar-refractivity contribution in [3.63, 3.8) is 0 Å². The molecule has 0 aromatic carbocycles. The van der Waals surface area contributed by atoms with E-state index in [2.05, 4.69) is 36.7 Å². The molecule has 1 heterocycles. The maximum absolute atomic E-state index is 13.6. The SMILES string of the molecule is CCCCCCCCCCCCCCCCCC(C)(C)NC(=O)NC1CCCCCC1C(CC(=O)O)NC(=O)C1OC(C)(C)OCC1(C)C. The predicted octanol–water partition coefficient (Wildman–Crippen LogP) is 9.41. The molecule has 4 unspecified atom stereocenters. The van der Waals surface area contributed by atoms with E-state index in [0.717, 1.165) is 44.9 Å². The summed E-state index contributed by atoms with van der Waals surface area (Å²) in [6, 6.07) is -1.10. The van der Waals surface area contributed by atoms with Gasteiger partial charge in [-0.25, -0.2) is 4.79 Å². The summed E-state index contributed by atoms with van der Waals surface area (Å²) in [5, 5.41) is 19.3. The van der Waals surface area contributed by atoms with Gasteiger partial charge in [0.05, 0.1) is 13.0 Å². The minimum atomic E-state index is -0.977. The van der Waals surface area contributed by atoms with Crippen LogP contribution in [-0.2, 0) is 19.1 Å². The molecule has 0 bridgehead atoms. The fourth-order valence-corrected chi connectivity index (χ4v) is 7.59. The Labute approximate surface area is 299 Å². The lowest BCUT2D eigenvalue weighted by Gasteiger charge is -2.45. The average molecular weight is 694 g/mol. The molecule has 1 saturated heterocycles. The summed E-state index contributed by atoms with van der Waals surface area (Å²) >= 11 is 0. The Hall–Kier alpha value is -1.87. The summed E-state index contributed by atoms with van der Waals surface area (Å²) in [6.07, 6.45) is 24.2. The summed E-state index contributed by atoms with van der Waals surface area (Å²) in [5.41, 5.74) is -0.930. The molecule has 9 nitrogen and oxygen atoms in total. The number of unbranched alkanes of at least 4 members (excludes halogenated alkanes) is 14. The van der Waals surface area contributed by atoms with Crippen LogP contribution in [0.25, 0.3) is 0 Å². The molecule has 0 aromatic rings. The van der Waals surface area contributed by atoms with Crippen LogP contribution in [-0.4, -0.2) is 59.1 Å². The zero-order chi connectivity index (χ0) is 36.3. The molecule has 4 N–H and O–H groups in total. The van der Waals surface area contributed by atoms with E-state index in [0.29, 0.717) is 6.61 Å². The standard InChI is InChI=1S/C40H75N3O6/c1-8-9-10-11-12-13-14-15-16-17-18-19-20-21-25-28-39(4,5)43-37(47)42-32-27-24-22-23-26-31(32)33(29-34(44)45)41-36(46)35-38(2,3)30-48-40(6,7)49-35/h31-33,35H,8-30H2,1-7H3,(H,41,46)(H,44,45)(H2,42,43,47). The highest BCUT2D eigenvalue weighted by Crippen LogP contribution is 2.36. The Bertz CT molecular complexity index is 968. The van der Waals surface area contributed by atoms with E-state index in [4.69, 9.17) is 9.47 Å². The smallest absolute Gasteiger partial charge is 0.315 e. The van der Waals surface area contributed by atoms with Crippen LogP contribution in [0.5, 0.6) is 0 Å². The van der Waals surface area contributed by atoms with Gasteiger partial charge in [0.2, 0.25) is 5.91 Å². The second-order valence-corrected chi connectivity index (χ2v) is 17.0. The Balaban J connectivity index is 1.80. The van der Waals surface area contributed by atoms with Gasteiger partial charge in [0.15, 0.2) is 5.79 Å². The molecule has 2 rings (SSSR count). The lowest BCUT2D eigenvalue weighted by Crippen LogP contribution is -2.60. The van der Waals surface area contributed by atoms with E-state index in [-0.39, 0.29) is 35.9 Å². The molecule has 2 fully saturated rings.